The second-order valence-corrected chi connectivity index (χ2v) is 5.44. The molecule has 2 N–H and O–H groups in total. The van der Waals surface area contributed by atoms with Crippen LogP contribution in [0.15, 0.2) is 23.1 Å². The van der Waals surface area contributed by atoms with Gasteiger partial charge < -0.3 is 15.0 Å². The normalized spacial score (nSPS) is 18.6. The first-order chi connectivity index (χ1) is 8.65. The van der Waals surface area contributed by atoms with Gasteiger partial charge in [0, 0.05) is 31.3 Å². The van der Waals surface area contributed by atoms with Crippen molar-refractivity contribution >= 4 is 5.69 Å². The Morgan fingerprint density at radius 3 is 2.67 bits per heavy atom. The first-order valence-electron chi connectivity index (χ1n) is 6.67. The lowest BCUT2D eigenvalue weighted by Gasteiger charge is -2.36. The number of aromatic nitrogens is 1. The molecule has 2 rings (SSSR count). The maximum Gasteiger partial charge on any atom is 0.250 e. The maximum atomic E-state index is 11.3. The van der Waals surface area contributed by atoms with Gasteiger partial charge in [-0.25, -0.2) is 0 Å². The molecule has 1 heterocycles. The van der Waals surface area contributed by atoms with E-state index in [4.69, 9.17) is 0 Å². The molecule has 0 bridgehead atoms. The van der Waals surface area contributed by atoms with Crippen molar-refractivity contribution in [2.45, 2.75) is 32.1 Å². The summed E-state index contributed by atoms with van der Waals surface area (Å²) in [6, 6.07) is 3.37. The molecule has 0 saturated heterocycles. The molecule has 0 radical (unpaired) electrons. The number of rotatable bonds is 4. The number of aliphatic hydroxyl groups is 1. The molecular formula is C14H22N2O2. The van der Waals surface area contributed by atoms with Gasteiger partial charge in [-0.2, -0.15) is 0 Å². The molecule has 0 aliphatic heterocycles. The zero-order valence-corrected chi connectivity index (χ0v) is 11.0. The van der Waals surface area contributed by atoms with Crippen molar-refractivity contribution in [2.75, 3.05) is 18.5 Å². The second-order valence-electron chi connectivity index (χ2n) is 5.44. The molecule has 1 saturated carbocycles. The Hall–Kier alpha value is -1.29. The summed E-state index contributed by atoms with van der Waals surface area (Å²) < 4.78 is 1.56. The van der Waals surface area contributed by atoms with Crippen LogP contribution in [-0.2, 0) is 7.05 Å². The van der Waals surface area contributed by atoms with Gasteiger partial charge in [0.05, 0.1) is 12.3 Å². The van der Waals surface area contributed by atoms with Crippen molar-refractivity contribution < 1.29 is 5.11 Å². The summed E-state index contributed by atoms with van der Waals surface area (Å²) in [7, 11) is 1.75. The van der Waals surface area contributed by atoms with Crippen molar-refractivity contribution in [3.63, 3.8) is 0 Å². The quantitative estimate of drug-likeness (QED) is 0.856. The summed E-state index contributed by atoms with van der Waals surface area (Å²) in [5.74, 6) is 0. The van der Waals surface area contributed by atoms with Crippen LogP contribution >= 0.6 is 0 Å². The smallest absolute Gasteiger partial charge is 0.250 e. The zero-order chi connectivity index (χ0) is 13.0. The molecule has 1 fully saturated rings. The molecule has 4 nitrogen and oxygen atoms in total. The lowest BCUT2D eigenvalue weighted by atomic mass is 9.74. The average molecular weight is 250 g/mol. The molecule has 0 atom stereocenters. The van der Waals surface area contributed by atoms with E-state index in [-0.39, 0.29) is 17.6 Å². The van der Waals surface area contributed by atoms with Gasteiger partial charge in [0.15, 0.2) is 0 Å². The van der Waals surface area contributed by atoms with Gasteiger partial charge in [0.1, 0.15) is 0 Å². The predicted octanol–water partition coefficient (Wildman–Crippen LogP) is 1.74. The van der Waals surface area contributed by atoms with E-state index in [1.54, 1.807) is 29.9 Å². The lowest BCUT2D eigenvalue weighted by molar-refractivity contribution is 0.0944. The number of hydrogen-bond acceptors (Lipinski definition) is 3. The van der Waals surface area contributed by atoms with Crippen LogP contribution in [-0.4, -0.2) is 22.8 Å². The molecule has 0 aromatic carbocycles. The van der Waals surface area contributed by atoms with Gasteiger partial charge in [0.2, 0.25) is 5.56 Å². The van der Waals surface area contributed by atoms with Gasteiger partial charge in [-0.05, 0) is 18.9 Å². The van der Waals surface area contributed by atoms with Crippen molar-refractivity contribution in [2.24, 2.45) is 12.5 Å². The third kappa shape index (κ3) is 2.93. The summed E-state index contributed by atoms with van der Waals surface area (Å²) in [4.78, 5) is 11.3. The highest BCUT2D eigenvalue weighted by atomic mass is 16.3. The molecule has 1 aromatic rings. The lowest BCUT2D eigenvalue weighted by Crippen LogP contribution is -2.35. The minimum Gasteiger partial charge on any atom is -0.396 e. The van der Waals surface area contributed by atoms with E-state index < -0.39 is 0 Å². The monoisotopic (exact) mass is 250 g/mol. The zero-order valence-electron chi connectivity index (χ0n) is 11.0. The van der Waals surface area contributed by atoms with Crippen LogP contribution in [0.25, 0.3) is 0 Å². The van der Waals surface area contributed by atoms with Crippen LogP contribution in [0.2, 0.25) is 0 Å². The Morgan fingerprint density at radius 1 is 1.33 bits per heavy atom. The fraction of sp³-hybridized carbons (Fsp3) is 0.643. The van der Waals surface area contributed by atoms with E-state index in [9.17, 15) is 9.90 Å². The van der Waals surface area contributed by atoms with E-state index in [1.165, 1.54) is 19.3 Å². The van der Waals surface area contributed by atoms with Crippen molar-refractivity contribution in [1.82, 2.24) is 4.57 Å². The predicted molar refractivity (Wildman–Crippen MR) is 72.8 cm³/mol. The highest BCUT2D eigenvalue weighted by molar-refractivity contribution is 5.40. The summed E-state index contributed by atoms with van der Waals surface area (Å²) in [6.07, 6.45) is 7.66. The summed E-state index contributed by atoms with van der Waals surface area (Å²) in [5.41, 5.74) is 0.957. The van der Waals surface area contributed by atoms with E-state index >= 15 is 0 Å². The number of aliphatic hydroxyl groups excluding tert-OH is 1. The number of pyridine rings is 1. The maximum absolute atomic E-state index is 11.3. The van der Waals surface area contributed by atoms with Crippen LogP contribution in [0.4, 0.5) is 5.69 Å². The number of anilines is 1. The highest BCUT2D eigenvalue weighted by Crippen LogP contribution is 2.35. The van der Waals surface area contributed by atoms with E-state index in [0.29, 0.717) is 0 Å². The van der Waals surface area contributed by atoms with E-state index in [1.807, 2.05) is 0 Å². The minimum atomic E-state index is -0.00455. The molecule has 4 heteroatoms. The number of nitrogens with zero attached hydrogens (tertiary/aromatic N) is 1. The molecule has 100 valence electrons. The fourth-order valence-electron chi connectivity index (χ4n) is 2.68. The van der Waals surface area contributed by atoms with Crippen LogP contribution in [0.3, 0.4) is 0 Å². The van der Waals surface area contributed by atoms with E-state index in [0.717, 1.165) is 25.1 Å². The van der Waals surface area contributed by atoms with Crippen LogP contribution in [0.1, 0.15) is 32.1 Å². The third-order valence-corrected chi connectivity index (χ3v) is 4.00. The summed E-state index contributed by atoms with van der Waals surface area (Å²) in [6.45, 7) is 1.02. The molecule has 1 aromatic heterocycles. The Morgan fingerprint density at radius 2 is 2.06 bits per heavy atom. The first kappa shape index (κ1) is 13.1. The third-order valence-electron chi connectivity index (χ3n) is 4.00. The molecule has 1 aliphatic carbocycles. The van der Waals surface area contributed by atoms with E-state index in [2.05, 4.69) is 5.32 Å². The Labute approximate surface area is 108 Å². The van der Waals surface area contributed by atoms with Crippen LogP contribution in [0, 0.1) is 5.41 Å². The van der Waals surface area contributed by atoms with Gasteiger partial charge >= 0.3 is 0 Å². The Kier molecular flexibility index (Phi) is 4.07. The Balaban J connectivity index is 2.00. The first-order valence-corrected chi connectivity index (χ1v) is 6.67. The number of aryl methyl sites for hydroxylation is 1. The second kappa shape index (κ2) is 5.57. The molecule has 0 spiro atoms. The van der Waals surface area contributed by atoms with Crippen molar-refractivity contribution in [3.05, 3.63) is 28.7 Å². The highest BCUT2D eigenvalue weighted by Gasteiger charge is 2.31. The summed E-state index contributed by atoms with van der Waals surface area (Å²) >= 11 is 0. The molecule has 0 unspecified atom stereocenters. The SMILES string of the molecule is Cn1cc(NCC2(CO)CCCCC2)ccc1=O. The van der Waals surface area contributed by atoms with Crippen molar-refractivity contribution in [1.29, 1.82) is 0 Å². The van der Waals surface area contributed by atoms with Gasteiger partial charge in [-0.3, -0.25) is 4.79 Å². The fourth-order valence-corrected chi connectivity index (χ4v) is 2.68. The molecule has 1 aliphatic rings. The van der Waals surface area contributed by atoms with Gasteiger partial charge in [0.25, 0.3) is 0 Å². The largest absolute Gasteiger partial charge is 0.396 e. The molecular weight excluding hydrogens is 228 g/mol. The van der Waals surface area contributed by atoms with Crippen LogP contribution in [0.5, 0.6) is 0 Å². The van der Waals surface area contributed by atoms with Gasteiger partial charge in [-0.15, -0.1) is 0 Å². The standard InChI is InChI=1S/C14H22N2O2/c1-16-9-12(5-6-13(16)18)15-10-14(11-17)7-3-2-4-8-14/h5-6,9,15,17H,2-4,7-8,10-11H2,1H3. The summed E-state index contributed by atoms with van der Waals surface area (Å²) in [5, 5.41) is 13.0. The Bertz CT molecular complexity index is 447. The minimum absolute atomic E-state index is 0.00455. The van der Waals surface area contributed by atoms with Crippen LogP contribution < -0.4 is 10.9 Å². The number of nitrogens with one attached hydrogen (secondary N) is 1. The molecule has 18 heavy (non-hydrogen) atoms. The average Bonchev–Trinajstić information content (AvgIpc) is 2.41. The van der Waals surface area contributed by atoms with Crippen molar-refractivity contribution in [3.8, 4) is 0 Å². The molecule has 0 amide bonds. The number of hydrogen-bond donors (Lipinski definition) is 2. The van der Waals surface area contributed by atoms with Gasteiger partial charge in [-0.1, -0.05) is 19.3 Å². The topological polar surface area (TPSA) is 54.3 Å².